The summed E-state index contributed by atoms with van der Waals surface area (Å²) < 4.78 is 333. The van der Waals surface area contributed by atoms with Crippen LogP contribution >= 0.6 is 10.3 Å². The average molecular weight is 1170 g/mol. The SMILES string of the molecule is CCCCOc1ccc(S(OC(=O)c2cc(Oc3c(F)c(F)c(F)c(F)c3F)c(Oc3c(F)c(F)c(F)c(F)c3F)c(Oc3c(F)c(F)c(F)c(F)c3F)c2-c2c(F)c(F)c(F)c(F)c2F)(c2ccccc2)c2ccccc2)cc1. The monoisotopic (exact) mass is 1170 g/mol. The van der Waals surface area contributed by atoms with Crippen molar-refractivity contribution in [2.45, 2.75) is 34.5 Å². The fourth-order valence-corrected chi connectivity index (χ4v) is 10.5. The second kappa shape index (κ2) is 22.6. The fraction of sp³-hybridized carbons (Fsp3) is 0.0755. The summed E-state index contributed by atoms with van der Waals surface area (Å²) in [5.74, 6) is -79.6. The summed E-state index contributed by atoms with van der Waals surface area (Å²) in [4.78, 5) is 15.3. The lowest BCUT2D eigenvalue weighted by atomic mass is 9.95. The Labute approximate surface area is 436 Å². The minimum atomic E-state index is -4.00. The summed E-state index contributed by atoms with van der Waals surface area (Å²) in [6, 6.07) is 18.1. The number of halogens is 20. The predicted octanol–water partition coefficient (Wildman–Crippen LogP) is 17.7. The van der Waals surface area contributed by atoms with Crippen LogP contribution < -0.4 is 18.9 Å². The Kier molecular flexibility index (Phi) is 16.3. The van der Waals surface area contributed by atoms with Crippen LogP contribution in [0, 0.1) is 116 Å². The van der Waals surface area contributed by atoms with Gasteiger partial charge in [-0.1, -0.05) is 49.7 Å². The highest BCUT2D eigenvalue weighted by molar-refractivity contribution is 8.30. The van der Waals surface area contributed by atoms with E-state index < -0.39 is 184 Å². The molecule has 6 nitrogen and oxygen atoms in total. The van der Waals surface area contributed by atoms with Gasteiger partial charge in [-0.15, -0.1) is 0 Å². The smallest absolute Gasteiger partial charge is 0.350 e. The van der Waals surface area contributed by atoms with Crippen LogP contribution in [-0.2, 0) is 4.18 Å². The Morgan fingerprint density at radius 3 is 1.10 bits per heavy atom. The highest BCUT2D eigenvalue weighted by Crippen LogP contribution is 2.70. The van der Waals surface area contributed by atoms with Gasteiger partial charge >= 0.3 is 5.97 Å². The molecule has 0 radical (unpaired) electrons. The van der Waals surface area contributed by atoms with Gasteiger partial charge < -0.3 is 23.1 Å². The quantitative estimate of drug-likeness (QED) is 0.0416. The third-order valence-corrected chi connectivity index (χ3v) is 14.5. The first kappa shape index (κ1) is 57.6. The third-order valence-electron chi connectivity index (χ3n) is 11.3. The van der Waals surface area contributed by atoms with Crippen molar-refractivity contribution in [3.8, 4) is 51.4 Å². The number of unbranched alkanes of at least 4 members (excludes halogenated alkanes) is 1. The van der Waals surface area contributed by atoms with Crippen molar-refractivity contribution in [3.63, 3.8) is 0 Å². The molecule has 0 bridgehead atoms. The van der Waals surface area contributed by atoms with E-state index in [1.54, 1.807) is 0 Å². The summed E-state index contributed by atoms with van der Waals surface area (Å²) in [5, 5.41) is 0. The van der Waals surface area contributed by atoms with Crippen LogP contribution in [0.5, 0.6) is 40.2 Å². The van der Waals surface area contributed by atoms with Crippen LogP contribution in [0.15, 0.2) is 106 Å². The van der Waals surface area contributed by atoms with Crippen molar-refractivity contribution in [2.75, 3.05) is 6.61 Å². The molecule has 0 heterocycles. The molecule has 8 aromatic rings. The number of hydrogen-bond donors (Lipinski definition) is 0. The Hall–Kier alpha value is -8.62. The van der Waals surface area contributed by atoms with Crippen LogP contribution in [0.25, 0.3) is 11.1 Å². The predicted molar refractivity (Wildman–Crippen MR) is 238 cm³/mol. The molecule has 0 amide bonds. The molecule has 27 heteroatoms. The molecule has 0 saturated carbocycles. The molecule has 0 aliphatic heterocycles. The minimum absolute atomic E-state index is 0.0843. The number of rotatable bonds is 16. The van der Waals surface area contributed by atoms with E-state index in [-0.39, 0.29) is 33.1 Å². The lowest BCUT2D eigenvalue weighted by molar-refractivity contribution is 0.0757. The molecular weight excluding hydrogens is 1140 g/mol. The summed E-state index contributed by atoms with van der Waals surface area (Å²) in [7, 11) is -4.00. The van der Waals surface area contributed by atoms with Crippen LogP contribution in [0.4, 0.5) is 87.8 Å². The van der Waals surface area contributed by atoms with Gasteiger partial charge in [0.25, 0.3) is 0 Å². The molecule has 0 aliphatic rings. The maximum absolute atomic E-state index is 16.6. The normalized spacial score (nSPS) is 11.7. The largest absolute Gasteiger partial charge is 0.494 e. The lowest BCUT2D eigenvalue weighted by Gasteiger charge is -2.40. The Bertz CT molecular complexity index is 3620. The molecule has 8 rings (SSSR count). The number of carbonyl (C=O) groups is 1. The van der Waals surface area contributed by atoms with Crippen LogP contribution in [-0.4, -0.2) is 12.6 Å². The summed E-state index contributed by atoms with van der Waals surface area (Å²) in [5.41, 5.74) is -7.16. The highest BCUT2D eigenvalue weighted by atomic mass is 32.3. The molecule has 0 atom stereocenters. The van der Waals surface area contributed by atoms with Gasteiger partial charge in [0.2, 0.25) is 116 Å². The van der Waals surface area contributed by atoms with Gasteiger partial charge in [0.05, 0.1) is 17.7 Å². The molecular formula is C53H24F20O6S. The van der Waals surface area contributed by atoms with Crippen LogP contribution in [0.3, 0.4) is 0 Å². The third kappa shape index (κ3) is 9.86. The second-order valence-electron chi connectivity index (χ2n) is 16.1. The number of carbonyl (C=O) groups excluding carboxylic acids is 1. The Balaban J connectivity index is 1.60. The Morgan fingerprint density at radius 2 is 0.713 bits per heavy atom. The van der Waals surface area contributed by atoms with E-state index in [2.05, 4.69) is 0 Å². The minimum Gasteiger partial charge on any atom is -0.494 e. The molecule has 418 valence electrons. The topological polar surface area (TPSA) is 63.2 Å². The first-order valence-electron chi connectivity index (χ1n) is 22.1. The zero-order valence-corrected chi connectivity index (χ0v) is 40.0. The van der Waals surface area contributed by atoms with Gasteiger partial charge in [0, 0.05) is 26.3 Å². The number of hydrogen-bond acceptors (Lipinski definition) is 6. The fourth-order valence-electron chi connectivity index (χ4n) is 7.45. The van der Waals surface area contributed by atoms with Gasteiger partial charge in [0.1, 0.15) is 5.75 Å². The van der Waals surface area contributed by atoms with Gasteiger partial charge in [-0.3, -0.25) is 0 Å². The van der Waals surface area contributed by atoms with E-state index in [0.717, 1.165) is 0 Å². The molecule has 0 aromatic heterocycles. The maximum Gasteiger partial charge on any atom is 0.350 e. The zero-order valence-electron chi connectivity index (χ0n) is 39.2. The van der Waals surface area contributed by atoms with Crippen molar-refractivity contribution < 1.29 is 116 Å². The Morgan fingerprint density at radius 1 is 0.375 bits per heavy atom. The molecule has 0 aliphatic carbocycles. The van der Waals surface area contributed by atoms with Crippen molar-refractivity contribution in [1.29, 1.82) is 0 Å². The van der Waals surface area contributed by atoms with Crippen molar-refractivity contribution in [2.24, 2.45) is 0 Å². The second-order valence-corrected chi connectivity index (χ2v) is 18.8. The van der Waals surface area contributed by atoms with Gasteiger partial charge in [0.15, 0.2) is 34.8 Å². The highest BCUT2D eigenvalue weighted by Gasteiger charge is 2.43. The number of benzene rings is 8. The van der Waals surface area contributed by atoms with E-state index in [1.807, 2.05) is 6.92 Å². The zero-order chi connectivity index (χ0) is 58.4. The van der Waals surface area contributed by atoms with Gasteiger partial charge in [-0.05, 0) is 65.3 Å². The molecule has 0 N–H and O–H groups in total. The van der Waals surface area contributed by atoms with E-state index in [0.29, 0.717) is 12.8 Å². The maximum atomic E-state index is 16.6. The van der Waals surface area contributed by atoms with Crippen LogP contribution in [0.2, 0.25) is 0 Å². The summed E-state index contributed by atoms with van der Waals surface area (Å²) in [6.07, 6.45) is 1.22. The molecule has 0 unspecified atom stereocenters. The lowest BCUT2D eigenvalue weighted by Crippen LogP contribution is -2.17. The van der Waals surface area contributed by atoms with Crippen molar-refractivity contribution in [3.05, 3.63) is 213 Å². The van der Waals surface area contributed by atoms with E-state index in [9.17, 15) is 35.1 Å². The van der Waals surface area contributed by atoms with Crippen LogP contribution in [0.1, 0.15) is 30.1 Å². The molecule has 0 fully saturated rings. The standard InChI is InChI=1S/C53H24F20O6S/c1-2-3-18-75-20-14-16-23(17-15-20)80(21-10-6-4-7-11-21,22-12-8-5-9-13-22)79-53(74)24-19-25(76-50-42(68)36(62)33(59)37(63)43(50)69)48(77-51-44(70)38(64)34(60)39(65)45(51)71)49(78-52-46(72)40(66)35(61)41(67)47(52)73)26(24)27-28(54)30(56)32(58)31(57)29(27)55/h4-17,19H,2-3,18H2,1H3. The first-order chi connectivity index (χ1) is 37.9. The molecule has 80 heavy (non-hydrogen) atoms. The first-order valence-corrected chi connectivity index (χ1v) is 23.7. The average Bonchev–Trinajstić information content (AvgIpc) is 3.66. The van der Waals surface area contributed by atoms with Gasteiger partial charge in [-0.2, -0.15) is 26.3 Å². The van der Waals surface area contributed by atoms with E-state index in [4.69, 9.17) is 23.1 Å². The van der Waals surface area contributed by atoms with E-state index in [1.165, 1.54) is 84.9 Å². The van der Waals surface area contributed by atoms with Crippen molar-refractivity contribution >= 4 is 16.3 Å². The summed E-state index contributed by atoms with van der Waals surface area (Å²) >= 11 is 0. The van der Waals surface area contributed by atoms with E-state index >= 15 is 57.5 Å². The molecule has 0 saturated heterocycles. The molecule has 0 spiro atoms. The molecule has 8 aromatic carbocycles. The van der Waals surface area contributed by atoms with Gasteiger partial charge in [-0.25, -0.2) is 66.3 Å². The van der Waals surface area contributed by atoms with Crippen molar-refractivity contribution in [1.82, 2.24) is 0 Å². The summed E-state index contributed by atoms with van der Waals surface area (Å²) in [6.45, 7) is 2.00. The number of ether oxygens (including phenoxy) is 4.